The Labute approximate surface area is 101 Å². The highest BCUT2D eigenvalue weighted by molar-refractivity contribution is 9.10. The summed E-state index contributed by atoms with van der Waals surface area (Å²) in [6.45, 7) is 0.750. The molecule has 0 atom stereocenters. The number of benzene rings is 1. The number of ether oxygens (including phenoxy) is 1. The van der Waals surface area contributed by atoms with Crippen molar-refractivity contribution < 1.29 is 4.74 Å². The molecule has 0 amide bonds. The Balaban J connectivity index is 2.13. The van der Waals surface area contributed by atoms with Crippen LogP contribution >= 0.6 is 39.1 Å². The third kappa shape index (κ3) is 2.56. The van der Waals surface area contributed by atoms with E-state index in [9.17, 15) is 0 Å². The van der Waals surface area contributed by atoms with Crippen LogP contribution in [0.2, 0.25) is 10.0 Å². The monoisotopic (exact) mass is 294 g/mol. The van der Waals surface area contributed by atoms with Gasteiger partial charge in [0.25, 0.3) is 0 Å². The van der Waals surface area contributed by atoms with Crippen LogP contribution < -0.4 is 4.74 Å². The van der Waals surface area contributed by atoms with Crippen LogP contribution in [0.4, 0.5) is 0 Å². The Hall–Kier alpha value is 0.0800. The van der Waals surface area contributed by atoms with Crippen LogP contribution in [0.15, 0.2) is 16.6 Å². The van der Waals surface area contributed by atoms with E-state index in [2.05, 4.69) is 15.9 Å². The van der Waals surface area contributed by atoms with Gasteiger partial charge in [-0.25, -0.2) is 0 Å². The van der Waals surface area contributed by atoms with Gasteiger partial charge in [0.15, 0.2) is 5.75 Å². The van der Waals surface area contributed by atoms with Gasteiger partial charge in [-0.2, -0.15) is 0 Å². The molecule has 0 bridgehead atoms. The maximum Gasteiger partial charge on any atom is 0.152 e. The molecule has 0 N–H and O–H groups in total. The van der Waals surface area contributed by atoms with Gasteiger partial charge in [0, 0.05) is 5.02 Å². The van der Waals surface area contributed by atoms with Crippen molar-refractivity contribution in [1.29, 1.82) is 0 Å². The SMILES string of the molecule is Clc1cc(Cl)c(OCC2CC2)c(Br)c1. The summed E-state index contributed by atoms with van der Waals surface area (Å²) < 4.78 is 6.42. The molecule has 0 saturated heterocycles. The zero-order chi connectivity index (χ0) is 10.1. The van der Waals surface area contributed by atoms with E-state index >= 15 is 0 Å². The summed E-state index contributed by atoms with van der Waals surface area (Å²) in [5.74, 6) is 1.41. The molecule has 76 valence electrons. The second-order valence-corrected chi connectivity index (χ2v) is 5.15. The third-order valence-corrected chi connectivity index (χ3v) is 3.21. The lowest BCUT2D eigenvalue weighted by Crippen LogP contribution is -2.00. The highest BCUT2D eigenvalue weighted by Gasteiger charge is 2.22. The molecule has 1 aromatic carbocycles. The van der Waals surface area contributed by atoms with Crippen LogP contribution in [0.5, 0.6) is 5.75 Å². The number of rotatable bonds is 3. The lowest BCUT2D eigenvalue weighted by Gasteiger charge is -2.09. The molecule has 0 spiro atoms. The summed E-state index contributed by atoms with van der Waals surface area (Å²) in [5.41, 5.74) is 0. The summed E-state index contributed by atoms with van der Waals surface area (Å²) in [4.78, 5) is 0. The van der Waals surface area contributed by atoms with Gasteiger partial charge >= 0.3 is 0 Å². The summed E-state index contributed by atoms with van der Waals surface area (Å²) in [6, 6.07) is 3.48. The van der Waals surface area contributed by atoms with Gasteiger partial charge in [-0.05, 0) is 46.8 Å². The lowest BCUT2D eigenvalue weighted by molar-refractivity contribution is 0.298. The van der Waals surface area contributed by atoms with E-state index in [1.165, 1.54) is 12.8 Å². The predicted molar refractivity (Wildman–Crippen MR) is 62.4 cm³/mol. The van der Waals surface area contributed by atoms with Crippen LogP contribution in [-0.4, -0.2) is 6.61 Å². The van der Waals surface area contributed by atoms with E-state index in [0.29, 0.717) is 21.7 Å². The zero-order valence-electron chi connectivity index (χ0n) is 7.40. The Morgan fingerprint density at radius 2 is 2.07 bits per heavy atom. The van der Waals surface area contributed by atoms with Crippen molar-refractivity contribution in [3.63, 3.8) is 0 Å². The zero-order valence-corrected chi connectivity index (χ0v) is 10.5. The van der Waals surface area contributed by atoms with Crippen molar-refractivity contribution in [2.24, 2.45) is 5.92 Å². The molecule has 14 heavy (non-hydrogen) atoms. The molecule has 1 aliphatic rings. The second-order valence-electron chi connectivity index (χ2n) is 3.45. The molecule has 1 nitrogen and oxygen atoms in total. The Kier molecular flexibility index (Phi) is 3.25. The van der Waals surface area contributed by atoms with E-state index in [1.807, 2.05) is 0 Å². The van der Waals surface area contributed by atoms with Gasteiger partial charge in [0.1, 0.15) is 0 Å². The molecule has 1 fully saturated rings. The van der Waals surface area contributed by atoms with Gasteiger partial charge in [0.2, 0.25) is 0 Å². The van der Waals surface area contributed by atoms with Gasteiger partial charge < -0.3 is 4.74 Å². The molecule has 0 aromatic heterocycles. The Morgan fingerprint density at radius 1 is 1.36 bits per heavy atom. The Bertz CT molecular complexity index is 327. The van der Waals surface area contributed by atoms with Crippen LogP contribution in [0.3, 0.4) is 0 Å². The van der Waals surface area contributed by atoms with Crippen molar-refractivity contribution in [3.05, 3.63) is 26.7 Å². The van der Waals surface area contributed by atoms with Crippen LogP contribution in [0.1, 0.15) is 12.8 Å². The topological polar surface area (TPSA) is 9.23 Å². The minimum Gasteiger partial charge on any atom is -0.491 e. The molecule has 0 unspecified atom stereocenters. The fourth-order valence-corrected chi connectivity index (χ4v) is 2.52. The number of hydrogen-bond donors (Lipinski definition) is 0. The first-order valence-electron chi connectivity index (χ1n) is 4.44. The van der Waals surface area contributed by atoms with Gasteiger partial charge in [-0.3, -0.25) is 0 Å². The molecular weight excluding hydrogens is 287 g/mol. The average molecular weight is 296 g/mol. The third-order valence-electron chi connectivity index (χ3n) is 2.12. The minimum atomic E-state index is 0.560. The maximum absolute atomic E-state index is 6.00. The van der Waals surface area contributed by atoms with Crippen molar-refractivity contribution >= 4 is 39.1 Å². The van der Waals surface area contributed by atoms with Crippen molar-refractivity contribution in [2.45, 2.75) is 12.8 Å². The highest BCUT2D eigenvalue weighted by atomic mass is 79.9. The fraction of sp³-hybridized carbons (Fsp3) is 0.400. The maximum atomic E-state index is 6.00. The summed E-state index contributed by atoms with van der Waals surface area (Å²) >= 11 is 15.2. The van der Waals surface area contributed by atoms with E-state index in [0.717, 1.165) is 11.1 Å². The van der Waals surface area contributed by atoms with Crippen LogP contribution in [0, 0.1) is 5.92 Å². The fourth-order valence-electron chi connectivity index (χ4n) is 1.15. The summed E-state index contributed by atoms with van der Waals surface area (Å²) in [7, 11) is 0. The van der Waals surface area contributed by atoms with Crippen molar-refractivity contribution in [2.75, 3.05) is 6.61 Å². The van der Waals surface area contributed by atoms with E-state index in [-0.39, 0.29) is 0 Å². The largest absolute Gasteiger partial charge is 0.491 e. The first-order chi connectivity index (χ1) is 6.66. The summed E-state index contributed by atoms with van der Waals surface area (Å²) in [6.07, 6.45) is 2.53. The standard InChI is InChI=1S/C10H9BrCl2O/c11-8-3-7(12)4-9(13)10(8)14-5-6-1-2-6/h3-4,6H,1-2,5H2. The molecule has 1 aliphatic carbocycles. The van der Waals surface area contributed by atoms with Gasteiger partial charge in [-0.15, -0.1) is 0 Å². The summed E-state index contributed by atoms with van der Waals surface area (Å²) in [5, 5.41) is 1.17. The van der Waals surface area contributed by atoms with Crippen molar-refractivity contribution in [1.82, 2.24) is 0 Å². The molecule has 0 radical (unpaired) electrons. The van der Waals surface area contributed by atoms with Gasteiger partial charge in [0.05, 0.1) is 16.1 Å². The molecule has 2 rings (SSSR count). The number of halogens is 3. The predicted octanol–water partition coefficient (Wildman–Crippen LogP) is 4.54. The molecule has 4 heteroatoms. The quantitative estimate of drug-likeness (QED) is 0.795. The molecular formula is C10H9BrCl2O. The average Bonchev–Trinajstić information content (AvgIpc) is 2.85. The minimum absolute atomic E-state index is 0.560. The molecule has 1 aromatic rings. The van der Waals surface area contributed by atoms with Gasteiger partial charge in [-0.1, -0.05) is 23.2 Å². The first kappa shape index (κ1) is 10.6. The lowest BCUT2D eigenvalue weighted by atomic mass is 10.3. The second kappa shape index (κ2) is 4.30. The molecule has 0 heterocycles. The van der Waals surface area contributed by atoms with Crippen LogP contribution in [-0.2, 0) is 0 Å². The normalized spacial score (nSPS) is 15.6. The van der Waals surface area contributed by atoms with Crippen LogP contribution in [0.25, 0.3) is 0 Å². The Morgan fingerprint density at radius 3 is 2.64 bits per heavy atom. The molecule has 0 aliphatic heterocycles. The number of hydrogen-bond acceptors (Lipinski definition) is 1. The van der Waals surface area contributed by atoms with E-state index in [1.54, 1.807) is 12.1 Å². The van der Waals surface area contributed by atoms with E-state index < -0.39 is 0 Å². The van der Waals surface area contributed by atoms with Crippen molar-refractivity contribution in [3.8, 4) is 5.75 Å². The van der Waals surface area contributed by atoms with E-state index in [4.69, 9.17) is 27.9 Å². The highest BCUT2D eigenvalue weighted by Crippen LogP contribution is 2.38. The first-order valence-corrected chi connectivity index (χ1v) is 5.99. The molecule has 1 saturated carbocycles. The smallest absolute Gasteiger partial charge is 0.152 e.